The quantitative estimate of drug-likeness (QED) is 0.903. The summed E-state index contributed by atoms with van der Waals surface area (Å²) in [5.74, 6) is -0.249. The van der Waals surface area contributed by atoms with E-state index in [-0.39, 0.29) is 24.1 Å². The summed E-state index contributed by atoms with van der Waals surface area (Å²) >= 11 is 0. The van der Waals surface area contributed by atoms with Gasteiger partial charge in [0.2, 0.25) is 0 Å². The Bertz CT molecular complexity index is 427. The first-order valence-corrected chi connectivity index (χ1v) is 6.42. The molecule has 0 aromatic heterocycles. The largest absolute Gasteiger partial charge is 0.377 e. The molecule has 4 nitrogen and oxygen atoms in total. The normalized spacial score (nSPS) is 24.8. The van der Waals surface area contributed by atoms with Crippen molar-refractivity contribution in [2.45, 2.75) is 25.2 Å². The molecule has 1 aromatic carbocycles. The van der Waals surface area contributed by atoms with Crippen molar-refractivity contribution in [2.24, 2.45) is 5.73 Å². The van der Waals surface area contributed by atoms with Crippen molar-refractivity contribution in [1.29, 1.82) is 0 Å². The maximum absolute atomic E-state index is 14.1. The summed E-state index contributed by atoms with van der Waals surface area (Å²) in [6, 6.07) is 4.98. The molecule has 0 bridgehead atoms. The summed E-state index contributed by atoms with van der Waals surface area (Å²) in [6.07, 6.45) is -0.0602. The lowest BCUT2D eigenvalue weighted by atomic mass is 10.1. The maximum Gasteiger partial charge on any atom is 0.146 e. The van der Waals surface area contributed by atoms with E-state index >= 15 is 0 Å². The van der Waals surface area contributed by atoms with Crippen LogP contribution in [0.2, 0.25) is 0 Å². The Hall–Kier alpha value is -1.17. The Labute approximate surface area is 113 Å². The highest BCUT2D eigenvalue weighted by Gasteiger charge is 2.34. The third-order valence-corrected chi connectivity index (χ3v) is 3.66. The van der Waals surface area contributed by atoms with Gasteiger partial charge in [0.1, 0.15) is 18.0 Å². The van der Waals surface area contributed by atoms with E-state index in [1.54, 1.807) is 20.3 Å². The van der Waals surface area contributed by atoms with E-state index in [0.717, 1.165) is 5.56 Å². The molecule has 106 valence electrons. The molecule has 0 aliphatic carbocycles. The Balaban J connectivity index is 2.19. The first kappa shape index (κ1) is 14.2. The summed E-state index contributed by atoms with van der Waals surface area (Å²) in [7, 11) is 3.30. The molecule has 0 spiro atoms. The van der Waals surface area contributed by atoms with Crippen LogP contribution in [-0.4, -0.2) is 39.5 Å². The van der Waals surface area contributed by atoms with Gasteiger partial charge < -0.3 is 20.1 Å². The number of hydrogen-bond donors (Lipinski definition) is 1. The highest BCUT2D eigenvalue weighted by Crippen LogP contribution is 2.27. The van der Waals surface area contributed by atoms with E-state index in [1.807, 2.05) is 17.9 Å². The molecule has 0 amide bonds. The Morgan fingerprint density at radius 2 is 1.84 bits per heavy atom. The number of ether oxygens (including phenoxy) is 2. The monoisotopic (exact) mass is 268 g/mol. The molecule has 19 heavy (non-hydrogen) atoms. The number of hydrogen-bond acceptors (Lipinski definition) is 4. The fourth-order valence-electron chi connectivity index (χ4n) is 2.46. The van der Waals surface area contributed by atoms with Gasteiger partial charge in [0, 0.05) is 33.4 Å². The minimum absolute atomic E-state index is 0.0301. The molecule has 1 saturated heterocycles. The van der Waals surface area contributed by atoms with E-state index in [2.05, 4.69) is 0 Å². The van der Waals surface area contributed by atoms with E-state index in [4.69, 9.17) is 15.2 Å². The number of nitrogens with zero attached hydrogens (tertiary/aromatic N) is 1. The maximum atomic E-state index is 14.1. The smallest absolute Gasteiger partial charge is 0.146 e. The van der Waals surface area contributed by atoms with Crippen LogP contribution in [0.3, 0.4) is 0 Å². The molecule has 1 aliphatic heterocycles. The minimum atomic E-state index is -0.249. The number of halogens is 1. The molecule has 5 heteroatoms. The average molecular weight is 268 g/mol. The first-order chi connectivity index (χ1) is 9.06. The first-order valence-electron chi connectivity index (χ1n) is 6.42. The van der Waals surface area contributed by atoms with Crippen molar-refractivity contribution in [3.8, 4) is 0 Å². The Morgan fingerprint density at radius 1 is 1.26 bits per heavy atom. The molecule has 1 fully saturated rings. The molecule has 3 atom stereocenters. The van der Waals surface area contributed by atoms with Gasteiger partial charge in [0.05, 0.1) is 5.69 Å². The zero-order chi connectivity index (χ0) is 14.0. The van der Waals surface area contributed by atoms with Crippen LogP contribution in [0, 0.1) is 5.82 Å². The van der Waals surface area contributed by atoms with Crippen molar-refractivity contribution < 1.29 is 13.9 Å². The van der Waals surface area contributed by atoms with Gasteiger partial charge in [-0.05, 0) is 24.6 Å². The number of methoxy groups -OCH3 is 2. The van der Waals surface area contributed by atoms with Crippen molar-refractivity contribution in [3.63, 3.8) is 0 Å². The molecule has 0 saturated carbocycles. The molecular formula is C14H21FN2O2. The second kappa shape index (κ2) is 5.86. The number of anilines is 1. The molecule has 1 heterocycles. The van der Waals surface area contributed by atoms with E-state index in [1.165, 1.54) is 6.07 Å². The lowest BCUT2D eigenvalue weighted by molar-refractivity contribution is -0.00461. The van der Waals surface area contributed by atoms with Crippen molar-refractivity contribution in [2.75, 3.05) is 32.2 Å². The molecular weight excluding hydrogens is 247 g/mol. The minimum Gasteiger partial charge on any atom is -0.377 e. The van der Waals surface area contributed by atoms with Crippen LogP contribution in [0.15, 0.2) is 18.2 Å². The van der Waals surface area contributed by atoms with Crippen LogP contribution in [0.5, 0.6) is 0 Å². The summed E-state index contributed by atoms with van der Waals surface area (Å²) in [4.78, 5) is 1.95. The Kier molecular flexibility index (Phi) is 4.39. The van der Waals surface area contributed by atoms with Gasteiger partial charge in [-0.1, -0.05) is 6.07 Å². The fraction of sp³-hybridized carbons (Fsp3) is 0.571. The Morgan fingerprint density at radius 3 is 2.26 bits per heavy atom. The van der Waals surface area contributed by atoms with E-state index in [0.29, 0.717) is 18.8 Å². The molecule has 1 aliphatic rings. The van der Waals surface area contributed by atoms with Crippen molar-refractivity contribution in [1.82, 2.24) is 0 Å². The van der Waals surface area contributed by atoms with Crippen LogP contribution < -0.4 is 10.6 Å². The number of benzene rings is 1. The zero-order valence-electron chi connectivity index (χ0n) is 11.6. The molecule has 1 aromatic rings. The van der Waals surface area contributed by atoms with E-state index in [9.17, 15) is 4.39 Å². The highest BCUT2D eigenvalue weighted by atomic mass is 19.1. The predicted octanol–water partition coefficient (Wildman–Crippen LogP) is 1.70. The van der Waals surface area contributed by atoms with E-state index < -0.39 is 0 Å². The van der Waals surface area contributed by atoms with Crippen LogP contribution in [0.4, 0.5) is 10.1 Å². The van der Waals surface area contributed by atoms with Gasteiger partial charge in [-0.15, -0.1) is 0 Å². The average Bonchev–Trinajstić information content (AvgIpc) is 2.81. The van der Waals surface area contributed by atoms with Gasteiger partial charge >= 0.3 is 0 Å². The van der Waals surface area contributed by atoms with Crippen molar-refractivity contribution >= 4 is 5.69 Å². The molecule has 3 unspecified atom stereocenters. The fourth-order valence-corrected chi connectivity index (χ4v) is 2.46. The molecule has 2 N–H and O–H groups in total. The standard InChI is InChI=1S/C14H21FN2O2/c1-9(16)10-4-5-12(11(15)6-10)17-7-13(18-2)14(8-17)19-3/h4-6,9,13-14H,7-8,16H2,1-3H3. The van der Waals surface area contributed by atoms with Crippen molar-refractivity contribution in [3.05, 3.63) is 29.6 Å². The summed E-state index contributed by atoms with van der Waals surface area (Å²) < 4.78 is 24.9. The summed E-state index contributed by atoms with van der Waals surface area (Å²) in [6.45, 7) is 3.10. The number of nitrogens with two attached hydrogens (primary N) is 1. The summed E-state index contributed by atoms with van der Waals surface area (Å²) in [5, 5.41) is 0. The van der Waals surface area contributed by atoms with Gasteiger partial charge in [0.15, 0.2) is 0 Å². The topological polar surface area (TPSA) is 47.7 Å². The lowest BCUT2D eigenvalue weighted by Gasteiger charge is -2.19. The van der Waals surface area contributed by atoms with Crippen LogP contribution >= 0.6 is 0 Å². The van der Waals surface area contributed by atoms with Gasteiger partial charge in [0.25, 0.3) is 0 Å². The second-order valence-corrected chi connectivity index (χ2v) is 4.95. The third-order valence-electron chi connectivity index (χ3n) is 3.66. The third kappa shape index (κ3) is 2.88. The van der Waals surface area contributed by atoms with Gasteiger partial charge in [-0.3, -0.25) is 0 Å². The van der Waals surface area contributed by atoms with Crippen LogP contribution in [0.25, 0.3) is 0 Å². The van der Waals surface area contributed by atoms with Gasteiger partial charge in [-0.25, -0.2) is 4.39 Å². The summed E-state index contributed by atoms with van der Waals surface area (Å²) in [5.41, 5.74) is 7.13. The second-order valence-electron chi connectivity index (χ2n) is 4.95. The predicted molar refractivity (Wildman–Crippen MR) is 72.8 cm³/mol. The zero-order valence-corrected chi connectivity index (χ0v) is 11.6. The highest BCUT2D eigenvalue weighted by molar-refractivity contribution is 5.51. The number of rotatable bonds is 4. The SMILES string of the molecule is COC1CN(c2ccc(C(C)N)cc2F)CC1OC. The van der Waals surface area contributed by atoms with Crippen LogP contribution in [0.1, 0.15) is 18.5 Å². The molecule has 0 radical (unpaired) electrons. The van der Waals surface area contributed by atoms with Gasteiger partial charge in [-0.2, -0.15) is 0 Å². The molecule has 2 rings (SSSR count). The van der Waals surface area contributed by atoms with Crippen LogP contribution in [-0.2, 0) is 9.47 Å². The lowest BCUT2D eigenvalue weighted by Crippen LogP contribution is -2.27.